The van der Waals surface area contributed by atoms with E-state index in [0.29, 0.717) is 17.0 Å². The van der Waals surface area contributed by atoms with Crippen molar-refractivity contribution in [3.63, 3.8) is 0 Å². The van der Waals surface area contributed by atoms with Crippen molar-refractivity contribution in [3.8, 4) is 11.5 Å². The van der Waals surface area contributed by atoms with E-state index in [2.05, 4.69) is 5.32 Å². The van der Waals surface area contributed by atoms with Crippen LogP contribution in [0.1, 0.15) is 10.4 Å². The van der Waals surface area contributed by atoms with Crippen LogP contribution in [0.25, 0.3) is 0 Å². The molecule has 0 fully saturated rings. The molecule has 3 aromatic rings. The summed E-state index contributed by atoms with van der Waals surface area (Å²) >= 11 is 1.29. The third-order valence-electron chi connectivity index (χ3n) is 3.60. The maximum absolute atomic E-state index is 12.5. The van der Waals surface area contributed by atoms with Crippen molar-refractivity contribution >= 4 is 29.3 Å². The van der Waals surface area contributed by atoms with Crippen LogP contribution in [0.4, 0.5) is 5.69 Å². The molecule has 136 valence electrons. The molecule has 5 nitrogen and oxygen atoms in total. The minimum atomic E-state index is -0.407. The van der Waals surface area contributed by atoms with Gasteiger partial charge in [-0.15, -0.1) is 11.8 Å². The summed E-state index contributed by atoms with van der Waals surface area (Å²) in [6.45, 7) is 0. The largest absolute Gasteiger partial charge is 0.457 e. The first-order valence-electron chi connectivity index (χ1n) is 8.26. The summed E-state index contributed by atoms with van der Waals surface area (Å²) in [5.74, 6) is 0.882. The molecule has 0 heterocycles. The van der Waals surface area contributed by atoms with Crippen LogP contribution in [0.15, 0.2) is 83.8 Å². The van der Waals surface area contributed by atoms with Gasteiger partial charge in [-0.3, -0.25) is 9.59 Å². The fraction of sp³-hybridized carbons (Fsp3) is 0.0476. The van der Waals surface area contributed by atoms with E-state index in [9.17, 15) is 9.59 Å². The lowest BCUT2D eigenvalue weighted by Gasteiger charge is -2.11. The molecule has 0 aliphatic carbocycles. The van der Waals surface area contributed by atoms with E-state index in [1.807, 2.05) is 48.5 Å². The minimum Gasteiger partial charge on any atom is -0.457 e. The van der Waals surface area contributed by atoms with E-state index < -0.39 is 5.91 Å². The van der Waals surface area contributed by atoms with Crippen LogP contribution in [0.5, 0.6) is 11.5 Å². The zero-order valence-electron chi connectivity index (χ0n) is 14.4. The fourth-order valence-electron chi connectivity index (χ4n) is 2.34. The second-order valence-electron chi connectivity index (χ2n) is 5.64. The average molecular weight is 378 g/mol. The van der Waals surface area contributed by atoms with E-state index >= 15 is 0 Å². The van der Waals surface area contributed by atoms with Crippen molar-refractivity contribution in [2.45, 2.75) is 4.90 Å². The Morgan fingerprint density at radius 3 is 2.19 bits per heavy atom. The molecule has 3 aromatic carbocycles. The van der Waals surface area contributed by atoms with E-state index in [1.165, 1.54) is 11.8 Å². The van der Waals surface area contributed by atoms with Crippen molar-refractivity contribution in [2.75, 3.05) is 11.1 Å². The molecule has 0 unspecified atom stereocenters. The second-order valence-corrected chi connectivity index (χ2v) is 6.66. The highest BCUT2D eigenvalue weighted by molar-refractivity contribution is 8.00. The molecule has 27 heavy (non-hydrogen) atoms. The Balaban J connectivity index is 1.67. The number of carbonyl (C=O) groups is 2. The zero-order chi connectivity index (χ0) is 19.1. The highest BCUT2D eigenvalue weighted by Gasteiger charge is 2.10. The molecule has 0 atom stereocenters. The molecule has 3 rings (SSSR count). The normalized spacial score (nSPS) is 10.2. The van der Waals surface area contributed by atoms with Crippen molar-refractivity contribution in [1.29, 1.82) is 0 Å². The predicted octanol–water partition coefficient (Wildman–Crippen LogP) is 4.31. The van der Waals surface area contributed by atoms with Gasteiger partial charge in [-0.2, -0.15) is 0 Å². The van der Waals surface area contributed by atoms with E-state index in [4.69, 9.17) is 10.5 Å². The van der Waals surface area contributed by atoms with Gasteiger partial charge >= 0.3 is 0 Å². The quantitative estimate of drug-likeness (QED) is 0.600. The molecule has 2 amide bonds. The Kier molecular flexibility index (Phi) is 6.12. The maximum Gasteiger partial charge on any atom is 0.255 e. The van der Waals surface area contributed by atoms with Crippen LogP contribution < -0.4 is 15.8 Å². The van der Waals surface area contributed by atoms with Crippen LogP contribution in [0, 0.1) is 0 Å². The van der Waals surface area contributed by atoms with Crippen molar-refractivity contribution in [2.24, 2.45) is 5.73 Å². The van der Waals surface area contributed by atoms with Crippen LogP contribution in [0.3, 0.4) is 0 Å². The fourth-order valence-corrected chi connectivity index (χ4v) is 3.09. The Bertz CT molecular complexity index is 928. The van der Waals surface area contributed by atoms with E-state index in [1.54, 1.807) is 30.3 Å². The number of rotatable bonds is 7. The molecular weight excluding hydrogens is 360 g/mol. The summed E-state index contributed by atoms with van der Waals surface area (Å²) in [5.41, 5.74) is 6.34. The van der Waals surface area contributed by atoms with Gasteiger partial charge in [0.2, 0.25) is 5.91 Å². The van der Waals surface area contributed by atoms with Gasteiger partial charge in [-0.1, -0.05) is 30.3 Å². The van der Waals surface area contributed by atoms with Crippen molar-refractivity contribution < 1.29 is 14.3 Å². The number of carbonyl (C=O) groups excluding carboxylic acids is 2. The summed E-state index contributed by atoms with van der Waals surface area (Å²) < 4.78 is 5.73. The molecule has 0 saturated heterocycles. The van der Waals surface area contributed by atoms with Gasteiger partial charge in [0.05, 0.1) is 11.4 Å². The van der Waals surface area contributed by atoms with Gasteiger partial charge in [-0.25, -0.2) is 0 Å². The third-order valence-corrected chi connectivity index (χ3v) is 4.70. The Labute approximate surface area is 161 Å². The highest BCUT2D eigenvalue weighted by atomic mass is 32.2. The first kappa shape index (κ1) is 18.5. The molecule has 0 radical (unpaired) electrons. The van der Waals surface area contributed by atoms with Crippen LogP contribution in [-0.4, -0.2) is 17.6 Å². The van der Waals surface area contributed by atoms with Crippen LogP contribution in [0.2, 0.25) is 0 Å². The number of para-hydroxylation sites is 2. The van der Waals surface area contributed by atoms with Crippen LogP contribution >= 0.6 is 11.8 Å². The summed E-state index contributed by atoms with van der Waals surface area (Å²) in [7, 11) is 0. The standard InChI is InChI=1S/C21H18N2O3S/c22-20(24)14-27-19-9-5-4-8-18(19)23-21(25)15-10-12-17(13-11-15)26-16-6-2-1-3-7-16/h1-13H,14H2,(H2,22,24)(H,23,25). The molecule has 0 spiro atoms. The number of nitrogens with one attached hydrogen (secondary N) is 1. The summed E-state index contributed by atoms with van der Waals surface area (Å²) in [4.78, 5) is 24.3. The summed E-state index contributed by atoms with van der Waals surface area (Å²) in [5, 5.41) is 2.87. The monoisotopic (exact) mass is 378 g/mol. The molecule has 6 heteroatoms. The first-order chi connectivity index (χ1) is 13.1. The van der Waals surface area contributed by atoms with Crippen molar-refractivity contribution in [1.82, 2.24) is 0 Å². The number of benzene rings is 3. The maximum atomic E-state index is 12.5. The lowest BCUT2D eigenvalue weighted by atomic mass is 10.2. The molecule has 0 aliphatic heterocycles. The van der Waals surface area contributed by atoms with E-state index in [-0.39, 0.29) is 11.7 Å². The lowest BCUT2D eigenvalue weighted by Crippen LogP contribution is -2.14. The number of anilines is 1. The summed E-state index contributed by atoms with van der Waals surface area (Å²) in [6, 6.07) is 23.6. The van der Waals surface area contributed by atoms with Crippen molar-refractivity contribution in [3.05, 3.63) is 84.4 Å². The number of primary amides is 1. The Morgan fingerprint density at radius 1 is 0.852 bits per heavy atom. The van der Waals surface area contributed by atoms with Gasteiger partial charge in [0, 0.05) is 10.5 Å². The molecule has 3 N–H and O–H groups in total. The summed E-state index contributed by atoms with van der Waals surface area (Å²) in [6.07, 6.45) is 0. The van der Waals surface area contributed by atoms with Gasteiger partial charge < -0.3 is 15.8 Å². The van der Waals surface area contributed by atoms with Crippen LogP contribution in [-0.2, 0) is 4.79 Å². The number of amides is 2. The minimum absolute atomic E-state index is 0.151. The Morgan fingerprint density at radius 2 is 1.48 bits per heavy atom. The average Bonchev–Trinajstić information content (AvgIpc) is 2.68. The third kappa shape index (κ3) is 5.36. The SMILES string of the molecule is NC(=O)CSc1ccccc1NC(=O)c1ccc(Oc2ccccc2)cc1. The topological polar surface area (TPSA) is 81.4 Å². The smallest absolute Gasteiger partial charge is 0.255 e. The zero-order valence-corrected chi connectivity index (χ0v) is 15.2. The molecule has 0 bridgehead atoms. The number of ether oxygens (including phenoxy) is 1. The molecule has 0 aliphatic rings. The lowest BCUT2D eigenvalue weighted by molar-refractivity contribution is -0.115. The molecule has 0 saturated carbocycles. The number of nitrogens with two attached hydrogens (primary N) is 1. The molecule has 0 aromatic heterocycles. The second kappa shape index (κ2) is 8.91. The molecular formula is C21H18N2O3S. The van der Waals surface area contributed by atoms with Gasteiger partial charge in [0.15, 0.2) is 0 Å². The number of thioether (sulfide) groups is 1. The first-order valence-corrected chi connectivity index (χ1v) is 9.25. The predicted molar refractivity (Wildman–Crippen MR) is 107 cm³/mol. The van der Waals surface area contributed by atoms with Gasteiger partial charge in [-0.05, 0) is 48.5 Å². The number of hydrogen-bond acceptors (Lipinski definition) is 4. The van der Waals surface area contributed by atoms with Gasteiger partial charge in [0.25, 0.3) is 5.91 Å². The van der Waals surface area contributed by atoms with Gasteiger partial charge in [0.1, 0.15) is 11.5 Å². The highest BCUT2D eigenvalue weighted by Crippen LogP contribution is 2.27. The Hall–Kier alpha value is -3.25. The van der Waals surface area contributed by atoms with E-state index in [0.717, 1.165) is 10.6 Å². The number of hydrogen-bond donors (Lipinski definition) is 2.